The maximum absolute atomic E-state index is 13.8. The average Bonchev–Trinajstić information content (AvgIpc) is 4.09. The Bertz CT molecular complexity index is 3090. The van der Waals surface area contributed by atoms with Crippen LogP contribution in [0.15, 0.2) is 116 Å². The van der Waals surface area contributed by atoms with Crippen molar-refractivity contribution in [3.05, 3.63) is 209 Å². The number of hydrogen-bond donors (Lipinski definition) is 1. The first-order valence-corrected chi connectivity index (χ1v) is 26.7. The molecule has 372 valence electrons. The van der Waals surface area contributed by atoms with Gasteiger partial charge in [0.1, 0.15) is 0 Å². The Morgan fingerprint density at radius 3 is 1.39 bits per heavy atom. The molecule has 2 atom stereocenters. The van der Waals surface area contributed by atoms with Crippen molar-refractivity contribution in [2.45, 2.75) is 115 Å². The summed E-state index contributed by atoms with van der Waals surface area (Å²) in [7, 11) is 0. The lowest BCUT2D eigenvalue weighted by molar-refractivity contribution is 0.0489. The van der Waals surface area contributed by atoms with E-state index in [1.54, 1.807) is 24.5 Å². The second-order valence-electron chi connectivity index (χ2n) is 19.1. The Morgan fingerprint density at radius 1 is 0.528 bits per heavy atom. The fourth-order valence-corrected chi connectivity index (χ4v) is 11.4. The van der Waals surface area contributed by atoms with Crippen LogP contribution < -0.4 is 0 Å². The van der Waals surface area contributed by atoms with Crippen LogP contribution in [0.1, 0.15) is 150 Å². The molecule has 7 aromatic rings. The first kappa shape index (κ1) is 51.4. The highest BCUT2D eigenvalue weighted by molar-refractivity contribution is 6.42. The van der Waals surface area contributed by atoms with E-state index in [4.69, 9.17) is 51.1 Å². The molecule has 3 aliphatic rings. The van der Waals surface area contributed by atoms with E-state index < -0.39 is 0 Å². The zero-order valence-electron chi connectivity index (χ0n) is 40.2. The Morgan fingerprint density at radius 2 is 0.944 bits per heavy atom. The number of ketones is 2. The maximum Gasteiger partial charge on any atom is 0.338 e. The van der Waals surface area contributed by atoms with E-state index in [-0.39, 0.29) is 42.6 Å². The Labute approximate surface area is 441 Å². The van der Waals surface area contributed by atoms with Gasteiger partial charge in [0.05, 0.1) is 32.3 Å². The van der Waals surface area contributed by atoms with Crippen molar-refractivity contribution in [2.24, 2.45) is 0 Å². The molecule has 0 fully saturated rings. The Kier molecular flexibility index (Phi) is 17.1. The van der Waals surface area contributed by atoms with Gasteiger partial charge in [-0.3, -0.25) is 9.59 Å². The largest absolute Gasteiger partial charge is 0.462 e. The maximum atomic E-state index is 13.8. The number of carbonyl (C=O) groups is 3. The molecule has 0 spiro atoms. The molecule has 1 N–H and O–H groups in total. The summed E-state index contributed by atoms with van der Waals surface area (Å²) in [6, 6.07) is 29.0. The highest BCUT2D eigenvalue weighted by atomic mass is 35.5. The quantitative estimate of drug-likeness (QED) is 0.0757. The summed E-state index contributed by atoms with van der Waals surface area (Å²) in [6.45, 7) is 1.27. The zero-order valence-corrected chi connectivity index (χ0v) is 43.3. The number of carbonyl (C=O) groups excluding carboxylic acids is 3. The average molecular weight is 1040 g/mol. The molecular weight excluding hydrogens is 986 g/mol. The monoisotopic (exact) mass is 1040 g/mol. The molecule has 2 heterocycles. The summed E-state index contributed by atoms with van der Waals surface area (Å²) >= 11 is 24.9. The zero-order chi connectivity index (χ0) is 50.1. The van der Waals surface area contributed by atoms with Crippen molar-refractivity contribution in [2.75, 3.05) is 13.2 Å². The van der Waals surface area contributed by atoms with E-state index in [1.165, 1.54) is 28.7 Å². The minimum absolute atomic E-state index is 0.0183. The molecule has 9 nitrogen and oxygen atoms in total. The summed E-state index contributed by atoms with van der Waals surface area (Å²) in [5.74, 6) is 0.332. The van der Waals surface area contributed by atoms with Gasteiger partial charge in [0, 0.05) is 67.4 Å². The van der Waals surface area contributed by atoms with E-state index in [9.17, 15) is 19.5 Å². The standard InChI is InChI=1S/C35H34Cl2N2O3.C24H24Cl2N2O2/c36-31-16-15-25(21-32(31)37)26(17-20-42-35(41)30-14-6-10-24-8-2-4-12-28(24)30)22-39-19-18-38-34(39)33(40)29-13-5-9-23-7-1-3-11-27(23)29;25-21-9-8-17(14-22(21)26)18(10-13-29)15-28-12-11-27-24(28)23(30)20-7-3-5-16-4-1-2-6-19(16)20/h5-6,9-10,13-16,18-19,21,26H,1-4,7-8,11-12,17,20,22H2;3,5,7-9,11-12,14,18,29H,1-2,4,6,10,13,15H2/t26-;18-/m11/s1. The van der Waals surface area contributed by atoms with E-state index in [1.807, 2.05) is 82.2 Å². The summed E-state index contributed by atoms with van der Waals surface area (Å²) in [5.41, 5.74) is 11.3. The smallest absolute Gasteiger partial charge is 0.338 e. The lowest BCUT2D eigenvalue weighted by atomic mass is 9.87. The molecular formula is C59H58Cl4N4O5. The predicted molar refractivity (Wildman–Crippen MR) is 286 cm³/mol. The Balaban J connectivity index is 0.000000188. The van der Waals surface area contributed by atoms with Gasteiger partial charge in [0.2, 0.25) is 11.6 Å². The minimum atomic E-state index is -0.283. The van der Waals surface area contributed by atoms with Crippen molar-refractivity contribution in [3.63, 3.8) is 0 Å². The number of nitrogens with zero attached hydrogens (tertiary/aromatic N) is 4. The fraction of sp³-hybridized carbons (Fsp3) is 0.339. The van der Waals surface area contributed by atoms with Gasteiger partial charge in [-0.2, -0.15) is 0 Å². The number of hydrogen-bond acceptors (Lipinski definition) is 7. The van der Waals surface area contributed by atoms with Crippen LogP contribution in [0.4, 0.5) is 0 Å². The van der Waals surface area contributed by atoms with Crippen LogP contribution in [-0.2, 0) is 56.4 Å². The van der Waals surface area contributed by atoms with Crippen LogP contribution in [0.25, 0.3) is 0 Å². The number of halogens is 4. The molecule has 0 bridgehead atoms. The van der Waals surface area contributed by atoms with Gasteiger partial charge in [-0.15, -0.1) is 0 Å². The van der Waals surface area contributed by atoms with Crippen molar-refractivity contribution in [1.82, 2.24) is 19.1 Å². The number of esters is 1. The van der Waals surface area contributed by atoms with Gasteiger partial charge >= 0.3 is 5.97 Å². The first-order chi connectivity index (χ1) is 35.1. The lowest BCUT2D eigenvalue weighted by Gasteiger charge is -2.22. The van der Waals surface area contributed by atoms with Crippen LogP contribution in [-0.4, -0.2) is 55.0 Å². The molecule has 0 aliphatic heterocycles. The van der Waals surface area contributed by atoms with Gasteiger partial charge < -0.3 is 19.0 Å². The molecule has 13 heteroatoms. The summed E-state index contributed by atoms with van der Waals surface area (Å²) in [6.07, 6.45) is 20.7. The molecule has 0 saturated carbocycles. The van der Waals surface area contributed by atoms with Gasteiger partial charge in [0.25, 0.3) is 0 Å². The first-order valence-electron chi connectivity index (χ1n) is 25.2. The number of aryl methyl sites for hydroxylation is 3. The van der Waals surface area contributed by atoms with E-state index in [0.29, 0.717) is 63.2 Å². The molecule has 5 aromatic carbocycles. The lowest BCUT2D eigenvalue weighted by Crippen LogP contribution is -2.19. The van der Waals surface area contributed by atoms with Crippen molar-refractivity contribution in [3.8, 4) is 0 Å². The van der Waals surface area contributed by atoms with E-state index in [2.05, 4.69) is 28.2 Å². The van der Waals surface area contributed by atoms with Crippen molar-refractivity contribution in [1.29, 1.82) is 0 Å². The molecule has 2 aromatic heterocycles. The number of fused-ring (bicyclic) bond motifs is 3. The number of imidazole rings is 2. The minimum Gasteiger partial charge on any atom is -0.462 e. The number of aromatic nitrogens is 4. The summed E-state index contributed by atoms with van der Waals surface area (Å²) in [5, 5.41) is 11.5. The van der Waals surface area contributed by atoms with Crippen LogP contribution >= 0.6 is 46.4 Å². The second kappa shape index (κ2) is 24.0. The van der Waals surface area contributed by atoms with Gasteiger partial charge in [0.15, 0.2) is 11.6 Å². The molecule has 0 saturated heterocycles. The van der Waals surface area contributed by atoms with Gasteiger partial charge in [-0.25, -0.2) is 14.8 Å². The van der Waals surface area contributed by atoms with Crippen LogP contribution in [0.5, 0.6) is 0 Å². The highest BCUT2D eigenvalue weighted by Crippen LogP contribution is 2.34. The molecule has 3 aliphatic carbocycles. The molecule has 0 radical (unpaired) electrons. The van der Waals surface area contributed by atoms with Crippen molar-refractivity contribution < 1.29 is 24.2 Å². The topological polar surface area (TPSA) is 116 Å². The third kappa shape index (κ3) is 11.8. The highest BCUT2D eigenvalue weighted by Gasteiger charge is 2.27. The number of aliphatic hydroxyl groups is 1. The fourth-order valence-electron chi connectivity index (χ4n) is 10.8. The van der Waals surface area contributed by atoms with Crippen molar-refractivity contribution >= 4 is 63.9 Å². The summed E-state index contributed by atoms with van der Waals surface area (Å²) in [4.78, 5) is 49.2. The van der Waals surface area contributed by atoms with E-state index >= 15 is 0 Å². The predicted octanol–water partition coefficient (Wildman–Crippen LogP) is 13.7. The molecule has 10 rings (SSSR count). The molecule has 0 amide bonds. The number of benzene rings is 5. The summed E-state index contributed by atoms with van der Waals surface area (Å²) < 4.78 is 9.63. The van der Waals surface area contributed by atoms with Crippen LogP contribution in [0.3, 0.4) is 0 Å². The molecule has 72 heavy (non-hydrogen) atoms. The number of aliphatic hydroxyl groups excluding tert-OH is 1. The van der Waals surface area contributed by atoms with Gasteiger partial charge in [-0.1, -0.05) is 107 Å². The number of rotatable bonds is 16. The van der Waals surface area contributed by atoms with E-state index in [0.717, 1.165) is 104 Å². The molecule has 0 unspecified atom stereocenters. The third-order valence-electron chi connectivity index (χ3n) is 14.6. The second-order valence-corrected chi connectivity index (χ2v) is 20.7. The third-order valence-corrected chi connectivity index (χ3v) is 16.1. The SMILES string of the molecule is O=C(OCC[C@H](Cn1ccnc1C(=O)c1cccc2c1CCCC2)c1ccc(Cl)c(Cl)c1)c1cccc2c1CCCC2.O=C(c1cccc2c1CCCC2)c1nccn1C[C@@H](CCO)c1ccc(Cl)c(Cl)c1. The van der Waals surface area contributed by atoms with Crippen LogP contribution in [0.2, 0.25) is 20.1 Å². The Hall–Kier alpha value is -5.55. The van der Waals surface area contributed by atoms with Crippen LogP contribution in [0, 0.1) is 0 Å². The normalized spacial score (nSPS) is 14.7. The number of ether oxygens (including phenoxy) is 1. The van der Waals surface area contributed by atoms with Gasteiger partial charge in [-0.05, 0) is 165 Å².